The number of nitrogens with one attached hydrogen (secondary N) is 1. The van der Waals surface area contributed by atoms with Gasteiger partial charge in [0.15, 0.2) is 0 Å². The Balaban J connectivity index is 1.40. The average Bonchev–Trinajstić information content (AvgIpc) is 3.02. The van der Waals surface area contributed by atoms with E-state index in [0.29, 0.717) is 0 Å². The molecule has 194 valence electrons. The van der Waals surface area contributed by atoms with E-state index in [1.54, 1.807) is 0 Å². The van der Waals surface area contributed by atoms with Crippen molar-refractivity contribution in [3.05, 3.63) is 151 Å². The fourth-order valence-electron chi connectivity index (χ4n) is 6.36. The fraction of sp³-hybridized carbons (Fsp3) is 0.0256. The Morgan fingerprint density at radius 3 is 1.98 bits per heavy atom. The molecule has 0 heterocycles. The van der Waals surface area contributed by atoms with Crippen molar-refractivity contribution in [1.82, 2.24) is 0 Å². The molecule has 0 atom stereocenters. The van der Waals surface area contributed by atoms with Crippen LogP contribution < -0.4 is 10.2 Å². The topological polar surface area (TPSA) is 15.3 Å². The number of benzene rings is 8. The largest absolute Gasteiger partial charge is 0.355 e. The second-order valence-electron chi connectivity index (χ2n) is 10.8. The van der Waals surface area contributed by atoms with Crippen molar-refractivity contribution < 1.29 is 0 Å². The van der Waals surface area contributed by atoms with Crippen LogP contribution in [0.4, 0.5) is 28.4 Å². The Labute approximate surface area is 239 Å². The van der Waals surface area contributed by atoms with Crippen LogP contribution >= 0.6 is 0 Å². The molecule has 0 aromatic heterocycles. The highest BCUT2D eigenvalue weighted by molar-refractivity contribution is 6.28. The van der Waals surface area contributed by atoms with Gasteiger partial charge in [0, 0.05) is 33.2 Å². The summed E-state index contributed by atoms with van der Waals surface area (Å²) in [6.45, 7) is 2.13. The molecule has 0 aliphatic carbocycles. The Kier molecular flexibility index (Phi) is 5.39. The maximum Gasteiger partial charge on any atom is 0.0540 e. The first-order valence-electron chi connectivity index (χ1n) is 14.1. The first-order chi connectivity index (χ1) is 20.2. The molecule has 0 unspecified atom stereocenters. The molecule has 0 aliphatic rings. The second kappa shape index (κ2) is 9.39. The van der Waals surface area contributed by atoms with Crippen LogP contribution in [0.3, 0.4) is 0 Å². The normalized spacial score (nSPS) is 11.5. The van der Waals surface area contributed by atoms with Gasteiger partial charge in [-0.3, -0.25) is 0 Å². The molecule has 0 radical (unpaired) electrons. The average molecular weight is 525 g/mol. The molecular formula is C39H28N2. The molecule has 0 amide bonds. The predicted molar refractivity (Wildman–Crippen MR) is 177 cm³/mol. The Morgan fingerprint density at radius 2 is 1.12 bits per heavy atom. The molecule has 8 rings (SSSR count). The molecule has 41 heavy (non-hydrogen) atoms. The molecule has 0 bridgehead atoms. The highest BCUT2D eigenvalue weighted by Crippen LogP contribution is 2.46. The summed E-state index contributed by atoms with van der Waals surface area (Å²) in [7, 11) is 0. The van der Waals surface area contributed by atoms with Gasteiger partial charge in [-0.1, -0.05) is 103 Å². The van der Waals surface area contributed by atoms with Crippen molar-refractivity contribution in [2.24, 2.45) is 0 Å². The van der Waals surface area contributed by atoms with Gasteiger partial charge in [0.25, 0.3) is 0 Å². The summed E-state index contributed by atoms with van der Waals surface area (Å²) >= 11 is 0. The van der Waals surface area contributed by atoms with E-state index in [1.165, 1.54) is 60.0 Å². The number of anilines is 5. The number of hydrogen-bond donors (Lipinski definition) is 1. The van der Waals surface area contributed by atoms with Crippen molar-refractivity contribution in [2.75, 3.05) is 10.2 Å². The monoisotopic (exact) mass is 524 g/mol. The van der Waals surface area contributed by atoms with Gasteiger partial charge in [-0.2, -0.15) is 0 Å². The second-order valence-corrected chi connectivity index (χ2v) is 10.8. The van der Waals surface area contributed by atoms with E-state index in [0.717, 1.165) is 17.1 Å². The molecule has 1 N–H and O–H groups in total. The lowest BCUT2D eigenvalue weighted by Crippen LogP contribution is -2.11. The van der Waals surface area contributed by atoms with Crippen LogP contribution in [0.15, 0.2) is 146 Å². The zero-order valence-electron chi connectivity index (χ0n) is 22.8. The summed E-state index contributed by atoms with van der Waals surface area (Å²) in [5.74, 6) is 0. The van der Waals surface area contributed by atoms with Crippen LogP contribution in [0, 0.1) is 6.92 Å². The third-order valence-electron chi connectivity index (χ3n) is 8.20. The van der Waals surface area contributed by atoms with Crippen LogP contribution in [0.5, 0.6) is 0 Å². The van der Waals surface area contributed by atoms with Crippen molar-refractivity contribution >= 4 is 71.5 Å². The van der Waals surface area contributed by atoms with E-state index in [2.05, 4.69) is 163 Å². The number of nitrogens with zero attached hydrogens (tertiary/aromatic N) is 1. The molecule has 2 heteroatoms. The summed E-state index contributed by atoms with van der Waals surface area (Å²) in [4.78, 5) is 2.42. The lowest BCUT2D eigenvalue weighted by atomic mass is 9.92. The fourth-order valence-corrected chi connectivity index (χ4v) is 6.36. The molecule has 0 spiro atoms. The van der Waals surface area contributed by atoms with Crippen LogP contribution in [-0.2, 0) is 0 Å². The molecule has 2 nitrogen and oxygen atoms in total. The number of hydrogen-bond acceptors (Lipinski definition) is 2. The summed E-state index contributed by atoms with van der Waals surface area (Å²) in [6, 6.07) is 52.6. The van der Waals surface area contributed by atoms with Gasteiger partial charge in [0.1, 0.15) is 0 Å². The third kappa shape index (κ3) is 3.88. The standard InChI is InChI=1S/C39H28N2/c1-26-9-7-12-30(25-26)40-35-23-19-28-18-22-34-37(24-20-29-17-21-33(35)38(28)39(29)34)41(31-13-3-2-4-14-31)36-16-8-11-27-10-5-6-15-32(27)36/h2-25,40H,1H3. The number of aryl methyl sites for hydroxylation is 1. The van der Waals surface area contributed by atoms with Crippen molar-refractivity contribution in [1.29, 1.82) is 0 Å². The molecule has 0 fully saturated rings. The quantitative estimate of drug-likeness (QED) is 0.225. The maximum absolute atomic E-state index is 3.70. The zero-order valence-corrected chi connectivity index (χ0v) is 22.8. The number of fused-ring (bicyclic) bond motifs is 1. The minimum Gasteiger partial charge on any atom is -0.355 e. The van der Waals surface area contributed by atoms with Gasteiger partial charge >= 0.3 is 0 Å². The summed E-state index contributed by atoms with van der Waals surface area (Å²) < 4.78 is 0. The SMILES string of the molecule is Cc1cccc(Nc2ccc3ccc4c(N(c5ccccc5)c5cccc6ccccc56)ccc5ccc2c3c54)c1. The molecule has 0 aliphatic heterocycles. The highest BCUT2D eigenvalue weighted by atomic mass is 15.1. The van der Waals surface area contributed by atoms with Gasteiger partial charge in [0.05, 0.1) is 11.4 Å². The first-order valence-corrected chi connectivity index (χ1v) is 14.1. The first kappa shape index (κ1) is 23.5. The molecular weight excluding hydrogens is 496 g/mol. The Bertz CT molecular complexity index is 2190. The Hall–Kier alpha value is -5.34. The van der Waals surface area contributed by atoms with E-state index in [9.17, 15) is 0 Å². The lowest BCUT2D eigenvalue weighted by molar-refractivity contribution is 1.31. The van der Waals surface area contributed by atoms with Crippen molar-refractivity contribution in [3.63, 3.8) is 0 Å². The van der Waals surface area contributed by atoms with Gasteiger partial charge in [-0.15, -0.1) is 0 Å². The van der Waals surface area contributed by atoms with Gasteiger partial charge in [-0.25, -0.2) is 0 Å². The maximum atomic E-state index is 3.70. The summed E-state index contributed by atoms with van der Waals surface area (Å²) in [5.41, 5.74) is 6.95. The van der Waals surface area contributed by atoms with E-state index in [1.807, 2.05) is 0 Å². The van der Waals surface area contributed by atoms with E-state index in [-0.39, 0.29) is 0 Å². The van der Waals surface area contributed by atoms with Gasteiger partial charge in [-0.05, 0) is 81.9 Å². The minimum atomic E-state index is 1.10. The summed E-state index contributed by atoms with van der Waals surface area (Å²) in [5, 5.41) is 13.7. The minimum absolute atomic E-state index is 1.10. The van der Waals surface area contributed by atoms with Crippen LogP contribution in [-0.4, -0.2) is 0 Å². The number of para-hydroxylation sites is 1. The lowest BCUT2D eigenvalue weighted by Gasteiger charge is -2.29. The third-order valence-corrected chi connectivity index (χ3v) is 8.20. The van der Waals surface area contributed by atoms with E-state index >= 15 is 0 Å². The summed E-state index contributed by atoms with van der Waals surface area (Å²) in [6.07, 6.45) is 0. The van der Waals surface area contributed by atoms with Gasteiger partial charge in [0.2, 0.25) is 0 Å². The Morgan fingerprint density at radius 1 is 0.463 bits per heavy atom. The highest BCUT2D eigenvalue weighted by Gasteiger charge is 2.20. The van der Waals surface area contributed by atoms with Crippen molar-refractivity contribution in [3.8, 4) is 0 Å². The van der Waals surface area contributed by atoms with E-state index < -0.39 is 0 Å². The van der Waals surface area contributed by atoms with Crippen LogP contribution in [0.1, 0.15) is 5.56 Å². The smallest absolute Gasteiger partial charge is 0.0540 e. The van der Waals surface area contributed by atoms with E-state index in [4.69, 9.17) is 0 Å². The number of rotatable bonds is 5. The molecule has 0 saturated carbocycles. The van der Waals surface area contributed by atoms with Crippen LogP contribution in [0.2, 0.25) is 0 Å². The van der Waals surface area contributed by atoms with Crippen molar-refractivity contribution in [2.45, 2.75) is 6.92 Å². The molecule has 0 saturated heterocycles. The molecule has 8 aromatic rings. The zero-order chi connectivity index (χ0) is 27.3. The van der Waals surface area contributed by atoms with Crippen LogP contribution in [0.25, 0.3) is 43.1 Å². The predicted octanol–water partition coefficient (Wildman–Crippen LogP) is 11.3. The molecule has 8 aromatic carbocycles. The van der Waals surface area contributed by atoms with Gasteiger partial charge < -0.3 is 10.2 Å².